The molecule has 0 saturated carbocycles. The van der Waals surface area contributed by atoms with Gasteiger partial charge in [-0.05, 0) is 32.9 Å². The van der Waals surface area contributed by atoms with Crippen LogP contribution >= 0.6 is 0 Å². The quantitative estimate of drug-likeness (QED) is 0.789. The number of carbonyl (C=O) groups is 1. The highest BCUT2D eigenvalue weighted by atomic mass is 16.5. The van der Waals surface area contributed by atoms with E-state index in [1.54, 1.807) is 21.0 Å². The predicted molar refractivity (Wildman–Crippen MR) is 71.6 cm³/mol. The lowest BCUT2D eigenvalue weighted by Gasteiger charge is -2.34. The van der Waals surface area contributed by atoms with Crippen molar-refractivity contribution in [2.75, 3.05) is 19.0 Å². The number of nitrogens with one attached hydrogen (secondary N) is 1. The number of methoxy groups -OCH3 is 1. The maximum absolute atomic E-state index is 12.1. The first-order valence-electron chi connectivity index (χ1n) is 6.07. The summed E-state index contributed by atoms with van der Waals surface area (Å²) in [6.45, 7) is 5.76. The molecule has 0 radical (unpaired) electrons. The average Bonchev–Trinajstić information content (AvgIpc) is 2.39. The van der Waals surface area contributed by atoms with Crippen molar-refractivity contribution in [3.63, 3.8) is 0 Å². The van der Waals surface area contributed by atoms with Crippen molar-refractivity contribution in [1.82, 2.24) is 0 Å². The summed E-state index contributed by atoms with van der Waals surface area (Å²) in [4.78, 5) is 12.1. The fourth-order valence-corrected chi connectivity index (χ4v) is 1.66. The van der Waals surface area contributed by atoms with Gasteiger partial charge >= 0.3 is 5.97 Å². The van der Waals surface area contributed by atoms with Gasteiger partial charge in [0.1, 0.15) is 0 Å². The van der Waals surface area contributed by atoms with E-state index in [4.69, 9.17) is 9.47 Å². The lowest BCUT2D eigenvalue weighted by molar-refractivity contribution is -0.152. The van der Waals surface area contributed by atoms with Crippen molar-refractivity contribution in [3.05, 3.63) is 30.3 Å². The molecule has 1 aromatic carbocycles. The second kappa shape index (κ2) is 6.40. The van der Waals surface area contributed by atoms with E-state index in [0.29, 0.717) is 6.61 Å². The van der Waals surface area contributed by atoms with Crippen LogP contribution in [0.1, 0.15) is 20.8 Å². The molecule has 2 atom stereocenters. The molecule has 100 valence electrons. The Labute approximate surface area is 108 Å². The zero-order chi connectivity index (χ0) is 13.6. The normalized spacial score (nSPS) is 15.6. The SMILES string of the molecule is CCOC(=O)C(C)(Nc1ccccc1)C(C)OC. The maximum atomic E-state index is 12.1. The van der Waals surface area contributed by atoms with Crippen LogP contribution in [0.2, 0.25) is 0 Å². The Morgan fingerprint density at radius 3 is 2.50 bits per heavy atom. The van der Waals surface area contributed by atoms with Gasteiger partial charge in [-0.25, -0.2) is 4.79 Å². The Hall–Kier alpha value is -1.55. The number of anilines is 1. The van der Waals surface area contributed by atoms with Gasteiger partial charge in [-0.3, -0.25) is 0 Å². The van der Waals surface area contributed by atoms with Crippen molar-refractivity contribution in [3.8, 4) is 0 Å². The first kappa shape index (κ1) is 14.5. The molecule has 1 aromatic rings. The summed E-state index contributed by atoms with van der Waals surface area (Å²) in [7, 11) is 1.58. The monoisotopic (exact) mass is 251 g/mol. The molecule has 4 heteroatoms. The van der Waals surface area contributed by atoms with Crippen molar-refractivity contribution in [2.45, 2.75) is 32.4 Å². The summed E-state index contributed by atoms with van der Waals surface area (Å²) in [5, 5.41) is 3.19. The number of carbonyl (C=O) groups excluding carboxylic acids is 1. The summed E-state index contributed by atoms with van der Waals surface area (Å²) in [6.07, 6.45) is -0.309. The molecule has 0 aliphatic carbocycles. The van der Waals surface area contributed by atoms with E-state index in [9.17, 15) is 4.79 Å². The number of hydrogen-bond donors (Lipinski definition) is 1. The minimum atomic E-state index is -0.911. The lowest BCUT2D eigenvalue weighted by atomic mass is 9.95. The van der Waals surface area contributed by atoms with Crippen LogP contribution in [0.3, 0.4) is 0 Å². The fraction of sp³-hybridized carbons (Fsp3) is 0.500. The summed E-state index contributed by atoms with van der Waals surface area (Å²) in [5.74, 6) is -0.316. The molecule has 1 N–H and O–H groups in total. The molecule has 0 heterocycles. The summed E-state index contributed by atoms with van der Waals surface area (Å²) in [5.41, 5.74) is -0.0523. The van der Waals surface area contributed by atoms with Gasteiger partial charge in [0.15, 0.2) is 5.54 Å². The molecule has 0 spiro atoms. The van der Waals surface area contributed by atoms with Gasteiger partial charge in [-0.15, -0.1) is 0 Å². The zero-order valence-electron chi connectivity index (χ0n) is 11.4. The Bertz CT molecular complexity index is 380. The van der Waals surface area contributed by atoms with Crippen LogP contribution in [0.15, 0.2) is 30.3 Å². The molecule has 0 fully saturated rings. The third-order valence-electron chi connectivity index (χ3n) is 3.04. The van der Waals surface area contributed by atoms with Gasteiger partial charge < -0.3 is 14.8 Å². The number of para-hydroxylation sites is 1. The molecular weight excluding hydrogens is 230 g/mol. The molecule has 18 heavy (non-hydrogen) atoms. The number of ether oxygens (including phenoxy) is 2. The highest BCUT2D eigenvalue weighted by molar-refractivity contribution is 5.85. The highest BCUT2D eigenvalue weighted by Gasteiger charge is 2.40. The topological polar surface area (TPSA) is 47.6 Å². The molecule has 0 aliphatic rings. The van der Waals surface area contributed by atoms with Gasteiger partial charge in [0.2, 0.25) is 0 Å². The molecule has 0 saturated heterocycles. The van der Waals surface area contributed by atoms with Gasteiger partial charge in [0, 0.05) is 12.8 Å². The van der Waals surface area contributed by atoms with E-state index in [2.05, 4.69) is 5.32 Å². The van der Waals surface area contributed by atoms with E-state index >= 15 is 0 Å². The molecule has 2 unspecified atom stereocenters. The van der Waals surface area contributed by atoms with Crippen LogP contribution in [-0.2, 0) is 14.3 Å². The molecule has 0 aromatic heterocycles. The smallest absolute Gasteiger partial charge is 0.334 e. The summed E-state index contributed by atoms with van der Waals surface area (Å²) >= 11 is 0. The van der Waals surface area contributed by atoms with Crippen LogP contribution in [0, 0.1) is 0 Å². The fourth-order valence-electron chi connectivity index (χ4n) is 1.66. The Morgan fingerprint density at radius 2 is 2.00 bits per heavy atom. The predicted octanol–water partition coefficient (Wildman–Crippen LogP) is 2.46. The summed E-state index contributed by atoms with van der Waals surface area (Å²) < 4.78 is 10.4. The van der Waals surface area contributed by atoms with Gasteiger partial charge in [-0.2, -0.15) is 0 Å². The molecule has 4 nitrogen and oxygen atoms in total. The second-order valence-electron chi connectivity index (χ2n) is 4.29. The van der Waals surface area contributed by atoms with Crippen LogP contribution in [-0.4, -0.2) is 31.3 Å². The number of esters is 1. The lowest BCUT2D eigenvalue weighted by Crippen LogP contribution is -2.53. The number of hydrogen-bond acceptors (Lipinski definition) is 4. The van der Waals surface area contributed by atoms with E-state index in [-0.39, 0.29) is 12.1 Å². The third kappa shape index (κ3) is 3.23. The Balaban J connectivity index is 2.94. The Kier molecular flexibility index (Phi) is 5.16. The van der Waals surface area contributed by atoms with Crippen molar-refractivity contribution >= 4 is 11.7 Å². The van der Waals surface area contributed by atoms with E-state index in [1.165, 1.54) is 0 Å². The van der Waals surface area contributed by atoms with Crippen LogP contribution in [0.4, 0.5) is 5.69 Å². The number of benzene rings is 1. The van der Waals surface area contributed by atoms with Crippen LogP contribution in [0.5, 0.6) is 0 Å². The Morgan fingerprint density at radius 1 is 1.39 bits per heavy atom. The average molecular weight is 251 g/mol. The molecular formula is C14H21NO3. The minimum absolute atomic E-state index is 0.309. The van der Waals surface area contributed by atoms with Gasteiger partial charge in [0.05, 0.1) is 12.7 Å². The van der Waals surface area contributed by atoms with Crippen LogP contribution < -0.4 is 5.32 Å². The van der Waals surface area contributed by atoms with E-state index in [0.717, 1.165) is 5.69 Å². The summed E-state index contributed by atoms with van der Waals surface area (Å²) in [6, 6.07) is 9.54. The van der Waals surface area contributed by atoms with E-state index in [1.807, 2.05) is 37.3 Å². The first-order chi connectivity index (χ1) is 8.54. The highest BCUT2D eigenvalue weighted by Crippen LogP contribution is 2.22. The molecule has 0 bridgehead atoms. The van der Waals surface area contributed by atoms with E-state index < -0.39 is 5.54 Å². The second-order valence-corrected chi connectivity index (χ2v) is 4.29. The van der Waals surface area contributed by atoms with Crippen molar-refractivity contribution < 1.29 is 14.3 Å². The minimum Gasteiger partial charge on any atom is -0.464 e. The van der Waals surface area contributed by atoms with Crippen LogP contribution in [0.25, 0.3) is 0 Å². The molecule has 1 rings (SSSR count). The van der Waals surface area contributed by atoms with Gasteiger partial charge in [-0.1, -0.05) is 18.2 Å². The third-order valence-corrected chi connectivity index (χ3v) is 3.04. The molecule has 0 aliphatic heterocycles. The van der Waals surface area contributed by atoms with Gasteiger partial charge in [0.25, 0.3) is 0 Å². The maximum Gasteiger partial charge on any atom is 0.334 e. The van der Waals surface area contributed by atoms with Crippen molar-refractivity contribution in [1.29, 1.82) is 0 Å². The standard InChI is InChI=1S/C14H21NO3/c1-5-18-13(16)14(3,11(2)17-4)15-12-9-7-6-8-10-12/h6-11,15H,5H2,1-4H3. The first-order valence-corrected chi connectivity index (χ1v) is 6.07. The number of rotatable bonds is 6. The zero-order valence-corrected chi connectivity index (χ0v) is 11.4. The largest absolute Gasteiger partial charge is 0.464 e. The van der Waals surface area contributed by atoms with Crippen molar-refractivity contribution in [2.24, 2.45) is 0 Å². The molecule has 0 amide bonds.